The van der Waals surface area contributed by atoms with Crippen molar-refractivity contribution < 1.29 is 9.57 Å². The maximum Gasteiger partial charge on any atom is 0.123 e. The summed E-state index contributed by atoms with van der Waals surface area (Å²) in [5, 5.41) is 0.677. The third kappa shape index (κ3) is 2.59. The SMILES string of the molecule is COc1cccc(Cl)c1CCON. The first-order chi connectivity index (χ1) is 6.29. The predicted molar refractivity (Wildman–Crippen MR) is 51.8 cm³/mol. The van der Waals surface area contributed by atoms with Gasteiger partial charge < -0.3 is 9.57 Å². The monoisotopic (exact) mass is 201 g/mol. The molecule has 1 rings (SSSR count). The van der Waals surface area contributed by atoms with Gasteiger partial charge in [-0.2, -0.15) is 0 Å². The second-order valence-corrected chi connectivity index (χ2v) is 2.95. The number of ether oxygens (including phenoxy) is 1. The Hall–Kier alpha value is -0.770. The van der Waals surface area contributed by atoms with Gasteiger partial charge in [0.2, 0.25) is 0 Å². The molecule has 0 aromatic heterocycles. The molecule has 0 radical (unpaired) electrons. The summed E-state index contributed by atoms with van der Waals surface area (Å²) in [5.41, 5.74) is 0.928. The Morgan fingerprint density at radius 3 is 2.85 bits per heavy atom. The fourth-order valence-corrected chi connectivity index (χ4v) is 1.39. The van der Waals surface area contributed by atoms with Gasteiger partial charge in [-0.1, -0.05) is 17.7 Å². The van der Waals surface area contributed by atoms with Crippen molar-refractivity contribution >= 4 is 11.6 Å². The summed E-state index contributed by atoms with van der Waals surface area (Å²) in [4.78, 5) is 4.49. The maximum absolute atomic E-state index is 5.97. The molecule has 0 fully saturated rings. The van der Waals surface area contributed by atoms with Crippen LogP contribution in [0.2, 0.25) is 5.02 Å². The molecular weight excluding hydrogens is 190 g/mol. The Kier molecular flexibility index (Phi) is 4.02. The second kappa shape index (κ2) is 5.07. The lowest BCUT2D eigenvalue weighted by atomic mass is 10.1. The van der Waals surface area contributed by atoms with E-state index in [1.54, 1.807) is 7.11 Å². The first-order valence-electron chi connectivity index (χ1n) is 3.92. The largest absolute Gasteiger partial charge is 0.496 e. The van der Waals surface area contributed by atoms with Crippen LogP contribution < -0.4 is 10.6 Å². The van der Waals surface area contributed by atoms with E-state index in [4.69, 9.17) is 22.2 Å². The van der Waals surface area contributed by atoms with E-state index >= 15 is 0 Å². The minimum atomic E-state index is 0.431. The number of halogens is 1. The van der Waals surface area contributed by atoms with Crippen molar-refractivity contribution in [2.75, 3.05) is 13.7 Å². The molecule has 0 atom stereocenters. The van der Waals surface area contributed by atoms with Gasteiger partial charge in [0, 0.05) is 17.0 Å². The Morgan fingerprint density at radius 1 is 1.46 bits per heavy atom. The number of methoxy groups -OCH3 is 1. The number of nitrogens with two attached hydrogens (primary N) is 1. The molecule has 0 bridgehead atoms. The molecule has 0 spiro atoms. The molecule has 0 saturated carbocycles. The van der Waals surface area contributed by atoms with Crippen LogP contribution in [-0.4, -0.2) is 13.7 Å². The van der Waals surface area contributed by atoms with E-state index in [1.165, 1.54) is 0 Å². The molecule has 1 aromatic carbocycles. The van der Waals surface area contributed by atoms with E-state index in [9.17, 15) is 0 Å². The predicted octanol–water partition coefficient (Wildman–Crippen LogP) is 1.78. The summed E-state index contributed by atoms with van der Waals surface area (Å²) in [7, 11) is 1.61. The van der Waals surface area contributed by atoms with Gasteiger partial charge in [0.15, 0.2) is 0 Å². The van der Waals surface area contributed by atoms with E-state index in [0.29, 0.717) is 18.1 Å². The van der Waals surface area contributed by atoms with Gasteiger partial charge in [-0.15, -0.1) is 0 Å². The molecule has 4 heteroatoms. The summed E-state index contributed by atoms with van der Waals surface area (Å²) in [6.45, 7) is 0.431. The molecule has 0 saturated heterocycles. The van der Waals surface area contributed by atoms with Crippen molar-refractivity contribution in [2.24, 2.45) is 5.90 Å². The van der Waals surface area contributed by atoms with Gasteiger partial charge in [-0.05, 0) is 12.1 Å². The average molecular weight is 202 g/mol. The highest BCUT2D eigenvalue weighted by Gasteiger charge is 2.06. The molecule has 3 nitrogen and oxygen atoms in total. The van der Waals surface area contributed by atoms with Crippen molar-refractivity contribution in [1.82, 2.24) is 0 Å². The lowest BCUT2D eigenvalue weighted by molar-refractivity contribution is 0.140. The molecule has 2 N–H and O–H groups in total. The number of hydrogen-bond donors (Lipinski definition) is 1. The van der Waals surface area contributed by atoms with Gasteiger partial charge in [-0.25, -0.2) is 5.90 Å². The molecule has 0 unspecified atom stereocenters. The second-order valence-electron chi connectivity index (χ2n) is 2.54. The van der Waals surface area contributed by atoms with Crippen molar-refractivity contribution in [3.8, 4) is 5.75 Å². The highest BCUT2D eigenvalue weighted by Crippen LogP contribution is 2.26. The van der Waals surface area contributed by atoms with Crippen LogP contribution in [0, 0.1) is 0 Å². The number of hydrogen-bond acceptors (Lipinski definition) is 3. The molecule has 0 heterocycles. The lowest BCUT2D eigenvalue weighted by Gasteiger charge is -2.08. The molecule has 0 aliphatic rings. The van der Waals surface area contributed by atoms with Gasteiger partial charge in [0.25, 0.3) is 0 Å². The topological polar surface area (TPSA) is 44.5 Å². The number of rotatable bonds is 4. The first kappa shape index (κ1) is 10.3. The summed E-state index contributed by atoms with van der Waals surface area (Å²) in [6.07, 6.45) is 0.652. The summed E-state index contributed by atoms with van der Waals surface area (Å²) < 4.78 is 5.14. The van der Waals surface area contributed by atoms with Crippen LogP contribution in [0.3, 0.4) is 0 Å². The van der Waals surface area contributed by atoms with E-state index < -0.39 is 0 Å². The van der Waals surface area contributed by atoms with Gasteiger partial charge >= 0.3 is 0 Å². The zero-order valence-electron chi connectivity index (χ0n) is 7.42. The molecule has 1 aromatic rings. The highest BCUT2D eigenvalue weighted by molar-refractivity contribution is 6.31. The van der Waals surface area contributed by atoms with Crippen LogP contribution in [0.5, 0.6) is 5.75 Å². The van der Waals surface area contributed by atoms with Crippen molar-refractivity contribution in [3.63, 3.8) is 0 Å². The third-order valence-corrected chi connectivity index (χ3v) is 2.12. The van der Waals surface area contributed by atoms with Crippen molar-refractivity contribution in [2.45, 2.75) is 6.42 Å². The normalized spacial score (nSPS) is 10.1. The van der Waals surface area contributed by atoms with Gasteiger partial charge in [0.05, 0.1) is 13.7 Å². The van der Waals surface area contributed by atoms with Crippen LogP contribution in [0.15, 0.2) is 18.2 Å². The lowest BCUT2D eigenvalue weighted by Crippen LogP contribution is -2.05. The van der Waals surface area contributed by atoms with Crippen molar-refractivity contribution in [3.05, 3.63) is 28.8 Å². The molecule has 0 aliphatic heterocycles. The fraction of sp³-hybridized carbons (Fsp3) is 0.333. The van der Waals surface area contributed by atoms with Crippen LogP contribution in [0.4, 0.5) is 0 Å². The summed E-state index contributed by atoms with van der Waals surface area (Å²) in [5.74, 6) is 5.70. The standard InChI is InChI=1S/C9H12ClNO2/c1-12-9-4-2-3-8(10)7(9)5-6-13-11/h2-4H,5-6,11H2,1H3. The number of benzene rings is 1. The van der Waals surface area contributed by atoms with E-state index in [2.05, 4.69) is 4.84 Å². The maximum atomic E-state index is 5.97. The van der Waals surface area contributed by atoms with Crippen LogP contribution in [0.25, 0.3) is 0 Å². The molecule has 0 aliphatic carbocycles. The Balaban J connectivity index is 2.87. The summed E-state index contributed by atoms with van der Waals surface area (Å²) >= 11 is 5.97. The Morgan fingerprint density at radius 2 is 2.23 bits per heavy atom. The fourth-order valence-electron chi connectivity index (χ4n) is 1.13. The van der Waals surface area contributed by atoms with E-state index in [1.807, 2.05) is 18.2 Å². The van der Waals surface area contributed by atoms with E-state index in [0.717, 1.165) is 11.3 Å². The van der Waals surface area contributed by atoms with Gasteiger partial charge in [-0.3, -0.25) is 0 Å². The Labute approximate surface area is 82.4 Å². The van der Waals surface area contributed by atoms with E-state index in [-0.39, 0.29) is 0 Å². The smallest absolute Gasteiger partial charge is 0.123 e. The van der Waals surface area contributed by atoms with Crippen LogP contribution >= 0.6 is 11.6 Å². The minimum absolute atomic E-state index is 0.431. The highest BCUT2D eigenvalue weighted by atomic mass is 35.5. The quantitative estimate of drug-likeness (QED) is 0.756. The first-order valence-corrected chi connectivity index (χ1v) is 4.30. The third-order valence-electron chi connectivity index (χ3n) is 1.77. The molecular formula is C9H12ClNO2. The van der Waals surface area contributed by atoms with Gasteiger partial charge in [0.1, 0.15) is 5.75 Å². The zero-order chi connectivity index (χ0) is 9.68. The molecule has 13 heavy (non-hydrogen) atoms. The van der Waals surface area contributed by atoms with Crippen molar-refractivity contribution in [1.29, 1.82) is 0 Å². The Bertz CT molecular complexity index is 278. The molecule has 72 valence electrons. The molecule has 0 amide bonds. The minimum Gasteiger partial charge on any atom is -0.496 e. The van der Waals surface area contributed by atoms with Crippen LogP contribution in [-0.2, 0) is 11.3 Å². The zero-order valence-corrected chi connectivity index (χ0v) is 8.17. The van der Waals surface area contributed by atoms with Crippen LogP contribution in [0.1, 0.15) is 5.56 Å². The average Bonchev–Trinajstić information content (AvgIpc) is 2.15. The summed E-state index contributed by atoms with van der Waals surface area (Å²) in [6, 6.07) is 5.52.